The molecule has 1 aliphatic rings. The number of rotatable bonds is 5. The van der Waals surface area contributed by atoms with E-state index in [1.807, 2.05) is 0 Å². The number of nitrogens with one attached hydrogen (secondary N) is 2. The molecular weight excluding hydrogens is 278 g/mol. The highest BCUT2D eigenvalue weighted by molar-refractivity contribution is 5.93. The third-order valence-electron chi connectivity index (χ3n) is 3.97. The zero-order valence-electron chi connectivity index (χ0n) is 11.4. The number of aromatic nitrogens is 1. The van der Waals surface area contributed by atoms with Gasteiger partial charge in [-0.05, 0) is 12.8 Å². The quantitative estimate of drug-likeness (QED) is 0.563. The topological polar surface area (TPSA) is 125 Å². The van der Waals surface area contributed by atoms with Gasteiger partial charge in [-0.2, -0.15) is 0 Å². The second kappa shape index (κ2) is 5.94. The van der Waals surface area contributed by atoms with Gasteiger partial charge in [-0.15, -0.1) is 0 Å². The van der Waals surface area contributed by atoms with Gasteiger partial charge in [-0.3, -0.25) is 19.7 Å². The Labute approximate surface area is 120 Å². The fourth-order valence-electron chi connectivity index (χ4n) is 2.66. The first-order valence-electron chi connectivity index (χ1n) is 6.79. The predicted octanol–water partition coefficient (Wildman–Crippen LogP) is 1.69. The van der Waals surface area contributed by atoms with E-state index in [1.165, 1.54) is 0 Å². The molecule has 1 aromatic rings. The van der Waals surface area contributed by atoms with E-state index in [4.69, 9.17) is 0 Å². The fourth-order valence-corrected chi connectivity index (χ4v) is 2.66. The molecule has 1 aliphatic carbocycles. The Kier molecular flexibility index (Phi) is 4.25. The SMILES string of the molecule is O=C(NCC1(C(=O)O)CCCCC1)c1cc([N+](=O)[O-])c[nH]1. The molecule has 0 aromatic carbocycles. The highest BCUT2D eigenvalue weighted by Gasteiger charge is 2.39. The Morgan fingerprint density at radius 1 is 1.38 bits per heavy atom. The molecule has 2 rings (SSSR count). The van der Waals surface area contributed by atoms with Crippen molar-refractivity contribution in [2.45, 2.75) is 32.1 Å². The lowest BCUT2D eigenvalue weighted by Crippen LogP contribution is -2.44. The van der Waals surface area contributed by atoms with Gasteiger partial charge in [-0.25, -0.2) is 0 Å². The average Bonchev–Trinajstić information content (AvgIpc) is 2.95. The summed E-state index contributed by atoms with van der Waals surface area (Å²) in [6.45, 7) is 0.0357. The van der Waals surface area contributed by atoms with Crippen LogP contribution in [0.25, 0.3) is 0 Å². The largest absolute Gasteiger partial charge is 0.481 e. The molecule has 114 valence electrons. The minimum atomic E-state index is -0.924. The number of aliphatic carboxylic acids is 1. The van der Waals surface area contributed by atoms with Crippen LogP contribution in [0.5, 0.6) is 0 Å². The van der Waals surface area contributed by atoms with Crippen molar-refractivity contribution in [1.29, 1.82) is 0 Å². The molecule has 0 unspecified atom stereocenters. The zero-order chi connectivity index (χ0) is 15.5. The smallest absolute Gasteiger partial charge is 0.311 e. The van der Waals surface area contributed by atoms with Gasteiger partial charge in [0.15, 0.2) is 0 Å². The van der Waals surface area contributed by atoms with Crippen molar-refractivity contribution in [3.05, 3.63) is 28.1 Å². The average molecular weight is 295 g/mol. The number of hydrogen-bond donors (Lipinski definition) is 3. The Bertz CT molecular complexity index is 560. The van der Waals surface area contributed by atoms with Crippen LogP contribution in [0.2, 0.25) is 0 Å². The van der Waals surface area contributed by atoms with Gasteiger partial charge in [0, 0.05) is 12.6 Å². The van der Waals surface area contributed by atoms with Crippen LogP contribution in [0.15, 0.2) is 12.3 Å². The van der Waals surface area contributed by atoms with E-state index < -0.39 is 22.2 Å². The number of amides is 1. The highest BCUT2D eigenvalue weighted by Crippen LogP contribution is 2.36. The third-order valence-corrected chi connectivity index (χ3v) is 3.97. The minimum Gasteiger partial charge on any atom is -0.481 e. The van der Waals surface area contributed by atoms with Crippen LogP contribution in [-0.2, 0) is 4.79 Å². The molecule has 8 heteroatoms. The number of carboxylic acid groups (broad SMARTS) is 1. The fraction of sp³-hybridized carbons (Fsp3) is 0.538. The monoisotopic (exact) mass is 295 g/mol. The molecule has 8 nitrogen and oxygen atoms in total. The molecule has 21 heavy (non-hydrogen) atoms. The normalized spacial score (nSPS) is 17.1. The van der Waals surface area contributed by atoms with E-state index >= 15 is 0 Å². The molecule has 0 saturated heterocycles. The molecule has 0 aliphatic heterocycles. The number of carboxylic acids is 1. The summed E-state index contributed by atoms with van der Waals surface area (Å²) in [7, 11) is 0. The molecule has 1 aromatic heterocycles. The first-order chi connectivity index (χ1) is 9.94. The number of nitrogens with zero attached hydrogens (tertiary/aromatic N) is 1. The van der Waals surface area contributed by atoms with Crippen LogP contribution in [0.4, 0.5) is 5.69 Å². The predicted molar refractivity (Wildman–Crippen MR) is 72.9 cm³/mol. The Morgan fingerprint density at radius 3 is 2.57 bits per heavy atom. The van der Waals surface area contributed by atoms with Crippen LogP contribution < -0.4 is 5.32 Å². The summed E-state index contributed by atoms with van der Waals surface area (Å²) >= 11 is 0. The maximum Gasteiger partial charge on any atom is 0.311 e. The minimum absolute atomic E-state index is 0.0357. The molecule has 1 fully saturated rings. The van der Waals surface area contributed by atoms with E-state index in [1.54, 1.807) is 0 Å². The number of nitro groups is 1. The van der Waals surface area contributed by atoms with Gasteiger partial charge in [0.05, 0.1) is 16.5 Å². The van der Waals surface area contributed by atoms with E-state index in [-0.39, 0.29) is 17.9 Å². The number of carbonyl (C=O) groups excluding carboxylic acids is 1. The van der Waals surface area contributed by atoms with Gasteiger partial charge in [0.1, 0.15) is 5.69 Å². The molecule has 0 radical (unpaired) electrons. The van der Waals surface area contributed by atoms with E-state index in [2.05, 4.69) is 10.3 Å². The Morgan fingerprint density at radius 2 is 2.05 bits per heavy atom. The summed E-state index contributed by atoms with van der Waals surface area (Å²) in [5, 5.41) is 22.5. The molecule has 3 N–H and O–H groups in total. The van der Waals surface area contributed by atoms with Crippen molar-refractivity contribution >= 4 is 17.6 Å². The number of hydrogen-bond acceptors (Lipinski definition) is 4. The van der Waals surface area contributed by atoms with Crippen molar-refractivity contribution in [3.8, 4) is 0 Å². The molecule has 0 spiro atoms. The van der Waals surface area contributed by atoms with Crippen molar-refractivity contribution < 1.29 is 19.6 Å². The third kappa shape index (κ3) is 3.21. The number of aromatic amines is 1. The standard InChI is InChI=1S/C13H17N3O5/c17-11(10-6-9(7-14-10)16(20)21)15-8-13(12(18)19)4-2-1-3-5-13/h6-7,14H,1-5,8H2,(H,15,17)(H,18,19). The first-order valence-corrected chi connectivity index (χ1v) is 6.79. The lowest BCUT2D eigenvalue weighted by atomic mass is 9.74. The summed E-state index contributed by atoms with van der Waals surface area (Å²) in [5.41, 5.74) is -1.07. The second-order valence-electron chi connectivity index (χ2n) is 5.36. The van der Waals surface area contributed by atoms with Gasteiger partial charge in [0.25, 0.3) is 11.6 Å². The Balaban J connectivity index is 2.01. The van der Waals surface area contributed by atoms with Crippen LogP contribution in [0.1, 0.15) is 42.6 Å². The molecule has 0 bridgehead atoms. The maximum absolute atomic E-state index is 11.9. The zero-order valence-corrected chi connectivity index (χ0v) is 11.4. The molecule has 1 heterocycles. The first kappa shape index (κ1) is 15.0. The molecular formula is C13H17N3O5. The van der Waals surface area contributed by atoms with Crippen molar-refractivity contribution in [2.75, 3.05) is 6.54 Å². The van der Waals surface area contributed by atoms with Crippen LogP contribution >= 0.6 is 0 Å². The van der Waals surface area contributed by atoms with Crippen LogP contribution in [0.3, 0.4) is 0 Å². The van der Waals surface area contributed by atoms with Crippen molar-refractivity contribution in [1.82, 2.24) is 10.3 Å². The lowest BCUT2D eigenvalue weighted by Gasteiger charge is -2.33. The van der Waals surface area contributed by atoms with Crippen molar-refractivity contribution in [3.63, 3.8) is 0 Å². The van der Waals surface area contributed by atoms with Gasteiger partial charge in [-0.1, -0.05) is 19.3 Å². The summed E-state index contributed by atoms with van der Waals surface area (Å²) in [6, 6.07) is 1.13. The van der Waals surface area contributed by atoms with Crippen LogP contribution in [-0.4, -0.2) is 33.4 Å². The second-order valence-corrected chi connectivity index (χ2v) is 5.36. The Hall–Kier alpha value is -2.38. The summed E-state index contributed by atoms with van der Waals surface area (Å²) < 4.78 is 0. The van der Waals surface area contributed by atoms with Crippen molar-refractivity contribution in [2.24, 2.45) is 5.41 Å². The molecule has 1 saturated carbocycles. The highest BCUT2D eigenvalue weighted by atomic mass is 16.6. The summed E-state index contributed by atoms with van der Waals surface area (Å²) in [4.78, 5) is 35.9. The maximum atomic E-state index is 11.9. The molecule has 1 amide bonds. The van der Waals surface area contributed by atoms with E-state index in [0.717, 1.165) is 31.5 Å². The van der Waals surface area contributed by atoms with Gasteiger partial charge in [0.2, 0.25) is 0 Å². The lowest BCUT2D eigenvalue weighted by molar-refractivity contribution is -0.384. The summed E-state index contributed by atoms with van der Waals surface area (Å²) in [6.07, 6.45) is 4.86. The summed E-state index contributed by atoms with van der Waals surface area (Å²) in [5.74, 6) is -1.44. The molecule has 0 atom stereocenters. The number of carbonyl (C=O) groups is 2. The van der Waals surface area contributed by atoms with Gasteiger partial charge < -0.3 is 15.4 Å². The van der Waals surface area contributed by atoms with E-state index in [9.17, 15) is 24.8 Å². The van der Waals surface area contributed by atoms with Crippen LogP contribution in [0, 0.1) is 15.5 Å². The van der Waals surface area contributed by atoms with E-state index in [0.29, 0.717) is 12.8 Å². The van der Waals surface area contributed by atoms with Gasteiger partial charge >= 0.3 is 5.97 Å². The number of H-pyrrole nitrogens is 1.